The molecule has 12 heteroatoms. The fraction of sp³-hybridized carbons (Fsp3) is 0.414. The first kappa shape index (κ1) is 30.4. The molecule has 0 fully saturated rings. The maximum atomic E-state index is 11.3. The summed E-state index contributed by atoms with van der Waals surface area (Å²) in [6, 6.07) is 11.4. The summed E-state index contributed by atoms with van der Waals surface area (Å²) >= 11 is 0. The van der Waals surface area contributed by atoms with Crippen LogP contribution in [0, 0.1) is 6.92 Å². The second-order valence-electron chi connectivity index (χ2n) is 9.99. The van der Waals surface area contributed by atoms with E-state index in [-0.39, 0.29) is 5.75 Å². The van der Waals surface area contributed by atoms with Crippen molar-refractivity contribution >= 4 is 41.7 Å². The average Bonchev–Trinajstić information content (AvgIpc) is 3.29. The highest BCUT2D eigenvalue weighted by Crippen LogP contribution is 2.39. The molecule has 4 aromatic rings. The highest BCUT2D eigenvalue weighted by molar-refractivity contribution is 7.46. The number of phosphoric acid groups is 1. The predicted molar refractivity (Wildman–Crippen MR) is 158 cm³/mol. The number of nitrogen functional groups attached to an aromatic ring is 1. The first-order valence-corrected chi connectivity index (χ1v) is 15.3. The predicted octanol–water partition coefficient (Wildman–Crippen LogP) is 5.01. The molecule has 0 aliphatic carbocycles. The van der Waals surface area contributed by atoms with Gasteiger partial charge < -0.3 is 19.6 Å². The van der Waals surface area contributed by atoms with Gasteiger partial charge in [0.05, 0.1) is 17.6 Å². The van der Waals surface area contributed by atoms with Gasteiger partial charge in [-0.15, -0.1) is 0 Å². The van der Waals surface area contributed by atoms with Gasteiger partial charge in [-0.05, 0) is 67.5 Å². The molecule has 0 unspecified atom stereocenters. The molecule has 0 saturated carbocycles. The fourth-order valence-electron chi connectivity index (χ4n) is 4.85. The number of ether oxygens (including phenoxy) is 1. The number of nitrogens with zero attached hydrogens (tertiary/aromatic N) is 4. The lowest BCUT2D eigenvalue weighted by atomic mass is 10.1. The van der Waals surface area contributed by atoms with E-state index in [1.165, 1.54) is 6.08 Å². The number of fused-ring (bicyclic) bond motifs is 3. The minimum atomic E-state index is -4.66. The highest BCUT2D eigenvalue weighted by atomic mass is 31.2. The molecule has 0 amide bonds. The van der Waals surface area contributed by atoms with Crippen molar-refractivity contribution in [3.63, 3.8) is 0 Å². The highest BCUT2D eigenvalue weighted by Gasteiger charge is 2.20. The number of pyridine rings is 1. The number of rotatable bonds is 15. The van der Waals surface area contributed by atoms with E-state index in [4.69, 9.17) is 20.0 Å². The lowest BCUT2D eigenvalue weighted by molar-refractivity contribution is 0.131. The Hall–Kier alpha value is -3.59. The third-order valence-electron chi connectivity index (χ3n) is 6.77. The van der Waals surface area contributed by atoms with Crippen molar-refractivity contribution in [3.8, 4) is 5.75 Å². The molecule has 218 valence electrons. The smallest absolute Gasteiger partial charge is 0.404 e. The second kappa shape index (κ2) is 13.9. The van der Waals surface area contributed by atoms with Gasteiger partial charge in [0.15, 0.2) is 5.82 Å². The van der Waals surface area contributed by atoms with Crippen LogP contribution in [0.15, 0.2) is 41.4 Å². The molecule has 0 spiro atoms. The number of anilines is 1. The van der Waals surface area contributed by atoms with Gasteiger partial charge in [0.25, 0.3) is 0 Å². The molecular formula is C29H36N5O6P. The summed E-state index contributed by atoms with van der Waals surface area (Å²) in [7, 11) is -4.66. The normalized spacial score (nSPS) is 11.7. The summed E-state index contributed by atoms with van der Waals surface area (Å²) < 4.78 is 24.0. The number of hydrogen-bond acceptors (Lipinski definition) is 8. The number of nitrogens with two attached hydrogens (primary N) is 1. The first-order chi connectivity index (χ1) is 19.7. The summed E-state index contributed by atoms with van der Waals surface area (Å²) in [6.07, 6.45) is 6.66. The van der Waals surface area contributed by atoms with Gasteiger partial charge in [0, 0.05) is 31.6 Å². The van der Waals surface area contributed by atoms with Crippen LogP contribution in [-0.4, -0.2) is 50.2 Å². The van der Waals surface area contributed by atoms with Crippen LogP contribution in [0.4, 0.5) is 5.82 Å². The van der Waals surface area contributed by atoms with Crippen LogP contribution in [0.25, 0.3) is 21.9 Å². The molecule has 2 heterocycles. The number of aromatic nitrogens is 3. The number of carbonyl (C=O) groups excluding carboxylic acids is 1. The van der Waals surface area contributed by atoms with E-state index in [2.05, 4.69) is 33.6 Å². The minimum Gasteiger partial charge on any atom is -0.404 e. The van der Waals surface area contributed by atoms with Crippen molar-refractivity contribution in [2.75, 3.05) is 25.5 Å². The van der Waals surface area contributed by atoms with E-state index < -0.39 is 7.82 Å². The molecule has 4 rings (SSSR count). The summed E-state index contributed by atoms with van der Waals surface area (Å²) in [5, 5.41) is 0.966. The quantitative estimate of drug-likeness (QED) is 0.0758. The van der Waals surface area contributed by atoms with Crippen LogP contribution in [0.2, 0.25) is 0 Å². The lowest BCUT2D eigenvalue weighted by Gasteiger charge is -2.14. The van der Waals surface area contributed by atoms with Crippen LogP contribution >= 0.6 is 7.82 Å². The number of hydrogen-bond donors (Lipinski definition) is 3. The topological polar surface area (TPSA) is 162 Å². The van der Waals surface area contributed by atoms with Crippen LogP contribution in [0.5, 0.6) is 5.75 Å². The van der Waals surface area contributed by atoms with E-state index in [0.29, 0.717) is 49.6 Å². The van der Waals surface area contributed by atoms with Crippen molar-refractivity contribution in [2.45, 2.75) is 58.9 Å². The zero-order valence-electron chi connectivity index (χ0n) is 23.4. The number of imidazole rings is 1. The summed E-state index contributed by atoms with van der Waals surface area (Å²) in [4.78, 5) is 41.7. The van der Waals surface area contributed by atoms with Crippen LogP contribution < -0.4 is 10.3 Å². The molecule has 11 nitrogen and oxygen atoms in total. The maximum Gasteiger partial charge on any atom is 0.524 e. The Morgan fingerprint density at radius 1 is 1.05 bits per heavy atom. The SMILES string of the molecule is CCCCc1nc2c(N)nc3ccc(CCCOCCCN=C=O)cc3c2n1Cc1ccc(OP(=O)(O)O)c(C)c1. The Labute approximate surface area is 238 Å². The van der Waals surface area contributed by atoms with Crippen LogP contribution in [0.1, 0.15) is 55.1 Å². The standard InChI is InChI=1S/C29H36N5O6P/c1-3-4-8-26-33-27-28(34(26)18-22-10-12-25(20(2)16-22)40-41(36,37)38)23-17-21(9-11-24(23)32-29(27)30)7-5-14-39-15-6-13-31-19-35/h9-12,16-17H,3-8,13-15,18H2,1-2H3,(H2,30,32)(H2,36,37,38). The summed E-state index contributed by atoms with van der Waals surface area (Å²) in [6.45, 7) is 5.98. The number of aryl methyl sites for hydroxylation is 3. The summed E-state index contributed by atoms with van der Waals surface area (Å²) in [5.41, 5.74) is 11.5. The Morgan fingerprint density at radius 3 is 2.56 bits per heavy atom. The second-order valence-corrected chi connectivity index (χ2v) is 11.2. The third-order valence-corrected chi connectivity index (χ3v) is 7.21. The Bertz CT molecular complexity index is 1610. The van der Waals surface area contributed by atoms with Gasteiger partial charge in [-0.2, -0.15) is 0 Å². The monoisotopic (exact) mass is 581 g/mol. The Morgan fingerprint density at radius 2 is 1.83 bits per heavy atom. The molecule has 2 aromatic heterocycles. The first-order valence-electron chi connectivity index (χ1n) is 13.7. The van der Waals surface area contributed by atoms with Crippen LogP contribution in [-0.2, 0) is 33.5 Å². The maximum absolute atomic E-state index is 11.3. The van der Waals surface area contributed by atoms with Crippen molar-refractivity contribution in [1.82, 2.24) is 14.5 Å². The minimum absolute atomic E-state index is 0.144. The molecule has 0 aliphatic heterocycles. The molecular weight excluding hydrogens is 545 g/mol. The lowest BCUT2D eigenvalue weighted by Crippen LogP contribution is -2.07. The number of isocyanates is 1. The Balaban J connectivity index is 1.66. The number of benzene rings is 2. The van der Waals surface area contributed by atoms with E-state index in [1.54, 1.807) is 19.1 Å². The van der Waals surface area contributed by atoms with Gasteiger partial charge in [-0.3, -0.25) is 9.79 Å². The summed E-state index contributed by atoms with van der Waals surface area (Å²) in [5.74, 6) is 1.44. The zero-order chi connectivity index (χ0) is 29.4. The van der Waals surface area contributed by atoms with Crippen molar-refractivity contribution in [1.29, 1.82) is 0 Å². The van der Waals surface area contributed by atoms with Crippen molar-refractivity contribution in [2.24, 2.45) is 4.99 Å². The molecule has 41 heavy (non-hydrogen) atoms. The van der Waals surface area contributed by atoms with Gasteiger partial charge >= 0.3 is 7.82 Å². The molecule has 2 aromatic carbocycles. The molecule has 4 N–H and O–H groups in total. The van der Waals surface area contributed by atoms with Gasteiger partial charge in [-0.25, -0.2) is 24.3 Å². The van der Waals surface area contributed by atoms with E-state index in [1.807, 2.05) is 12.1 Å². The van der Waals surface area contributed by atoms with Gasteiger partial charge in [-0.1, -0.05) is 31.5 Å². The van der Waals surface area contributed by atoms with E-state index >= 15 is 0 Å². The molecule has 0 aliphatic rings. The van der Waals surface area contributed by atoms with Gasteiger partial charge in [0.2, 0.25) is 6.08 Å². The van der Waals surface area contributed by atoms with Crippen LogP contribution in [0.3, 0.4) is 0 Å². The molecule has 0 radical (unpaired) electrons. The fourth-order valence-corrected chi connectivity index (χ4v) is 5.31. The van der Waals surface area contributed by atoms with Gasteiger partial charge in [0.1, 0.15) is 17.1 Å². The molecule has 0 saturated heterocycles. The zero-order valence-corrected chi connectivity index (χ0v) is 24.3. The number of phosphoric ester groups is 1. The van der Waals surface area contributed by atoms with Crippen molar-refractivity contribution in [3.05, 3.63) is 58.9 Å². The van der Waals surface area contributed by atoms with E-state index in [9.17, 15) is 19.1 Å². The number of aliphatic imine (C=N–C) groups is 1. The number of unbranched alkanes of at least 4 members (excludes halogenated alkanes) is 1. The average molecular weight is 582 g/mol. The van der Waals surface area contributed by atoms with Crippen molar-refractivity contribution < 1.29 is 28.4 Å². The third kappa shape index (κ3) is 8.00. The Kier molecular flexibility index (Phi) is 10.3. The molecule has 0 bridgehead atoms. The molecule has 0 atom stereocenters. The largest absolute Gasteiger partial charge is 0.524 e. The van der Waals surface area contributed by atoms with E-state index in [0.717, 1.165) is 65.5 Å².